The zero-order valence-electron chi connectivity index (χ0n) is 8.09. The first-order valence-electron chi connectivity index (χ1n) is 4.60. The van der Waals surface area contributed by atoms with Crippen molar-refractivity contribution in [1.82, 2.24) is 10.2 Å². The number of nitrogens with zero attached hydrogens (tertiary/aromatic N) is 2. The van der Waals surface area contributed by atoms with Gasteiger partial charge in [0.1, 0.15) is 11.6 Å². The van der Waals surface area contributed by atoms with Crippen LogP contribution in [0.2, 0.25) is 0 Å². The summed E-state index contributed by atoms with van der Waals surface area (Å²) >= 11 is 0. The molecule has 4 nitrogen and oxygen atoms in total. The fraction of sp³-hybridized carbons (Fsp3) is 0.0909. The van der Waals surface area contributed by atoms with Crippen molar-refractivity contribution in [2.75, 3.05) is 5.73 Å². The Bertz CT molecular complexity index is 393. The van der Waals surface area contributed by atoms with Gasteiger partial charge in [-0.05, 0) is 29.8 Å². The molecule has 1 heterocycles. The first-order valence-corrected chi connectivity index (χ1v) is 4.60. The maximum absolute atomic E-state index is 9.11. The van der Waals surface area contributed by atoms with E-state index in [0.717, 1.165) is 11.3 Å². The number of hydrogen-bond acceptors (Lipinski definition) is 4. The molecule has 3 N–H and O–H groups in total. The highest BCUT2D eigenvalue weighted by Crippen LogP contribution is 2.12. The molecule has 0 unspecified atom stereocenters. The van der Waals surface area contributed by atoms with E-state index in [4.69, 9.17) is 10.8 Å². The molecule has 0 aliphatic rings. The first kappa shape index (κ1) is 9.45. The van der Waals surface area contributed by atoms with Gasteiger partial charge >= 0.3 is 0 Å². The number of hydrogen-bond donors (Lipinski definition) is 2. The maximum atomic E-state index is 9.11. The molecule has 0 fully saturated rings. The number of rotatable bonds is 2. The van der Waals surface area contributed by atoms with Gasteiger partial charge in [0.05, 0.1) is 5.69 Å². The summed E-state index contributed by atoms with van der Waals surface area (Å²) in [4.78, 5) is 0. The van der Waals surface area contributed by atoms with Gasteiger partial charge in [0.25, 0.3) is 0 Å². The second-order valence-electron chi connectivity index (χ2n) is 3.29. The minimum atomic E-state index is 0.266. The molecule has 0 atom stereocenters. The summed E-state index contributed by atoms with van der Waals surface area (Å²) in [5.74, 6) is 0.687. The zero-order valence-corrected chi connectivity index (χ0v) is 8.09. The highest BCUT2D eigenvalue weighted by atomic mass is 16.3. The highest BCUT2D eigenvalue weighted by molar-refractivity contribution is 5.30. The molecule has 0 bridgehead atoms. The third kappa shape index (κ3) is 2.43. The molecule has 0 aliphatic carbocycles. The Hall–Kier alpha value is -2.10. The molecule has 0 aliphatic heterocycles. The largest absolute Gasteiger partial charge is 0.508 e. The van der Waals surface area contributed by atoms with Gasteiger partial charge in [0.15, 0.2) is 0 Å². The Labute approximate surface area is 87.4 Å². The Morgan fingerprint density at radius 3 is 2.33 bits per heavy atom. The molecule has 0 spiro atoms. The van der Waals surface area contributed by atoms with E-state index in [-0.39, 0.29) is 5.75 Å². The predicted molar refractivity (Wildman–Crippen MR) is 57.4 cm³/mol. The number of nitrogens with two attached hydrogens (primary N) is 1. The van der Waals surface area contributed by atoms with Gasteiger partial charge in [-0.25, -0.2) is 0 Å². The SMILES string of the molecule is Nc1ccc(Cc2ccc(O)cc2)nn1. The average molecular weight is 201 g/mol. The van der Waals surface area contributed by atoms with Crippen LogP contribution in [0.15, 0.2) is 36.4 Å². The lowest BCUT2D eigenvalue weighted by Crippen LogP contribution is -1.97. The number of nitrogen functional groups attached to an aromatic ring is 1. The molecule has 0 saturated carbocycles. The van der Waals surface area contributed by atoms with Gasteiger partial charge in [0, 0.05) is 6.42 Å². The second kappa shape index (κ2) is 3.96. The van der Waals surface area contributed by atoms with E-state index in [0.29, 0.717) is 12.2 Å². The van der Waals surface area contributed by atoms with Crippen LogP contribution in [-0.2, 0) is 6.42 Å². The predicted octanol–water partition coefficient (Wildman–Crippen LogP) is 1.36. The van der Waals surface area contributed by atoms with Crippen LogP contribution in [0.25, 0.3) is 0 Å². The number of aromatic nitrogens is 2. The molecule has 0 saturated heterocycles. The van der Waals surface area contributed by atoms with Crippen molar-refractivity contribution in [2.24, 2.45) is 0 Å². The summed E-state index contributed by atoms with van der Waals surface area (Å²) in [5.41, 5.74) is 7.37. The molecule has 0 amide bonds. The summed E-state index contributed by atoms with van der Waals surface area (Å²) in [7, 11) is 0. The molecule has 4 heteroatoms. The van der Waals surface area contributed by atoms with Crippen molar-refractivity contribution in [3.8, 4) is 5.75 Å². The van der Waals surface area contributed by atoms with Crippen molar-refractivity contribution < 1.29 is 5.11 Å². The minimum absolute atomic E-state index is 0.266. The van der Waals surface area contributed by atoms with Gasteiger partial charge in [0.2, 0.25) is 0 Å². The first-order chi connectivity index (χ1) is 7.24. The monoisotopic (exact) mass is 201 g/mol. The van der Waals surface area contributed by atoms with Crippen LogP contribution >= 0.6 is 0 Å². The quantitative estimate of drug-likeness (QED) is 0.769. The Morgan fingerprint density at radius 2 is 1.73 bits per heavy atom. The van der Waals surface area contributed by atoms with E-state index in [9.17, 15) is 0 Å². The number of anilines is 1. The summed E-state index contributed by atoms with van der Waals surface area (Å²) in [6, 6.07) is 10.6. The van der Waals surface area contributed by atoms with Crippen LogP contribution in [0.1, 0.15) is 11.3 Å². The van der Waals surface area contributed by atoms with Crippen LogP contribution in [0.4, 0.5) is 5.82 Å². The number of benzene rings is 1. The third-order valence-corrected chi connectivity index (χ3v) is 2.06. The van der Waals surface area contributed by atoms with E-state index in [1.54, 1.807) is 18.2 Å². The van der Waals surface area contributed by atoms with Crippen LogP contribution in [-0.4, -0.2) is 15.3 Å². The third-order valence-electron chi connectivity index (χ3n) is 2.06. The topological polar surface area (TPSA) is 72.0 Å². The number of phenols is 1. The Balaban J connectivity index is 2.15. The van der Waals surface area contributed by atoms with Gasteiger partial charge < -0.3 is 10.8 Å². The molecule has 15 heavy (non-hydrogen) atoms. The van der Waals surface area contributed by atoms with E-state index < -0.39 is 0 Å². The van der Waals surface area contributed by atoms with Gasteiger partial charge in [-0.3, -0.25) is 0 Å². The number of aromatic hydroxyl groups is 1. The van der Waals surface area contributed by atoms with Crippen LogP contribution in [0.3, 0.4) is 0 Å². The maximum Gasteiger partial charge on any atom is 0.146 e. The lowest BCUT2D eigenvalue weighted by molar-refractivity contribution is 0.475. The fourth-order valence-electron chi connectivity index (χ4n) is 1.29. The highest BCUT2D eigenvalue weighted by Gasteiger charge is 1.98. The van der Waals surface area contributed by atoms with Crippen LogP contribution < -0.4 is 5.73 Å². The van der Waals surface area contributed by atoms with E-state index in [1.165, 1.54) is 0 Å². The molecule has 76 valence electrons. The summed E-state index contributed by atoms with van der Waals surface area (Å²) < 4.78 is 0. The van der Waals surface area contributed by atoms with Gasteiger partial charge in [-0.2, -0.15) is 5.10 Å². The second-order valence-corrected chi connectivity index (χ2v) is 3.29. The standard InChI is InChI=1S/C11H11N3O/c12-11-6-3-9(13-14-11)7-8-1-4-10(15)5-2-8/h1-6,15H,7H2,(H2,12,14). The summed E-state index contributed by atoms with van der Waals surface area (Å²) in [6.07, 6.45) is 0.688. The molecule has 2 aromatic rings. The minimum Gasteiger partial charge on any atom is -0.508 e. The van der Waals surface area contributed by atoms with Gasteiger partial charge in [-0.15, -0.1) is 5.10 Å². The zero-order chi connectivity index (χ0) is 10.7. The van der Waals surface area contributed by atoms with Crippen molar-refractivity contribution in [3.05, 3.63) is 47.7 Å². The van der Waals surface area contributed by atoms with Crippen molar-refractivity contribution in [1.29, 1.82) is 0 Å². The van der Waals surface area contributed by atoms with Crippen LogP contribution in [0.5, 0.6) is 5.75 Å². The molecular formula is C11H11N3O. The van der Waals surface area contributed by atoms with E-state index >= 15 is 0 Å². The van der Waals surface area contributed by atoms with Crippen molar-refractivity contribution in [3.63, 3.8) is 0 Å². The van der Waals surface area contributed by atoms with Crippen LogP contribution in [0, 0.1) is 0 Å². The van der Waals surface area contributed by atoms with E-state index in [2.05, 4.69) is 10.2 Å². The van der Waals surface area contributed by atoms with Crippen molar-refractivity contribution in [2.45, 2.75) is 6.42 Å². The lowest BCUT2D eigenvalue weighted by Gasteiger charge is -2.00. The molecule has 1 aromatic heterocycles. The fourth-order valence-corrected chi connectivity index (χ4v) is 1.29. The molecule has 2 rings (SSSR count). The average Bonchev–Trinajstić information content (AvgIpc) is 2.25. The smallest absolute Gasteiger partial charge is 0.146 e. The molecule has 1 aromatic carbocycles. The lowest BCUT2D eigenvalue weighted by atomic mass is 10.1. The summed E-state index contributed by atoms with van der Waals surface area (Å²) in [6.45, 7) is 0. The van der Waals surface area contributed by atoms with Gasteiger partial charge in [-0.1, -0.05) is 12.1 Å². The summed E-state index contributed by atoms with van der Waals surface area (Å²) in [5, 5.41) is 16.8. The van der Waals surface area contributed by atoms with E-state index in [1.807, 2.05) is 18.2 Å². The van der Waals surface area contributed by atoms with Crippen molar-refractivity contribution >= 4 is 5.82 Å². The molecular weight excluding hydrogens is 190 g/mol. The Kier molecular flexibility index (Phi) is 2.49. The molecule has 0 radical (unpaired) electrons. The normalized spacial score (nSPS) is 10.1. The Morgan fingerprint density at radius 1 is 1.00 bits per heavy atom. The number of phenolic OH excluding ortho intramolecular Hbond substituents is 1.